The van der Waals surface area contributed by atoms with Crippen LogP contribution >= 0.6 is 0 Å². The molecule has 4 N–H and O–H groups in total. The van der Waals surface area contributed by atoms with Gasteiger partial charge >= 0.3 is 6.09 Å². The first-order valence-electron chi connectivity index (χ1n) is 10.6. The van der Waals surface area contributed by atoms with Crippen molar-refractivity contribution in [3.63, 3.8) is 0 Å². The van der Waals surface area contributed by atoms with E-state index in [2.05, 4.69) is 26.7 Å². The molecule has 1 saturated carbocycles. The number of hydrogen-bond donors (Lipinski definition) is 3. The second-order valence-corrected chi connectivity index (χ2v) is 8.08. The smallest absolute Gasteiger partial charge is 0.413 e. The van der Waals surface area contributed by atoms with Gasteiger partial charge in [-0.05, 0) is 42.8 Å². The molecule has 10 heteroatoms. The molecule has 0 saturated heterocycles. The van der Waals surface area contributed by atoms with E-state index >= 15 is 4.39 Å². The van der Waals surface area contributed by atoms with Gasteiger partial charge in [0.05, 0.1) is 17.7 Å². The van der Waals surface area contributed by atoms with Gasteiger partial charge < -0.3 is 20.5 Å². The Bertz CT molecular complexity index is 1320. The topological polar surface area (TPSA) is 135 Å². The van der Waals surface area contributed by atoms with Crippen LogP contribution in [-0.4, -0.2) is 35.3 Å². The maximum absolute atomic E-state index is 15.3. The molecule has 2 aromatic heterocycles. The number of nitrogen functional groups attached to an aromatic ring is 1. The van der Waals surface area contributed by atoms with Crippen LogP contribution in [0.25, 0.3) is 21.9 Å². The summed E-state index contributed by atoms with van der Waals surface area (Å²) < 4.78 is 26.1. The van der Waals surface area contributed by atoms with Crippen molar-refractivity contribution in [1.82, 2.24) is 9.97 Å². The fraction of sp³-hybridized carbons (Fsp3) is 0.304. The van der Waals surface area contributed by atoms with Crippen LogP contribution in [-0.2, 0) is 4.74 Å². The summed E-state index contributed by atoms with van der Waals surface area (Å²) in [5.74, 6) is -0.138. The molecule has 1 amide bonds. The summed E-state index contributed by atoms with van der Waals surface area (Å²) in [6.07, 6.45) is 3.24. The van der Waals surface area contributed by atoms with Gasteiger partial charge in [0.25, 0.3) is 0 Å². The quantitative estimate of drug-likeness (QED) is 0.512. The van der Waals surface area contributed by atoms with Gasteiger partial charge in [-0.15, -0.1) is 0 Å². The average Bonchev–Trinajstić information content (AvgIpc) is 2.80. The van der Waals surface area contributed by atoms with Crippen molar-refractivity contribution in [3.8, 4) is 23.1 Å². The minimum atomic E-state index is -0.692. The summed E-state index contributed by atoms with van der Waals surface area (Å²) in [6.45, 7) is 3.01. The Balaban J connectivity index is 1.48. The van der Waals surface area contributed by atoms with Gasteiger partial charge in [0.1, 0.15) is 24.2 Å². The highest BCUT2D eigenvalue weighted by Gasteiger charge is 2.34. The predicted molar refractivity (Wildman–Crippen MR) is 120 cm³/mol. The third kappa shape index (κ3) is 3.61. The van der Waals surface area contributed by atoms with Crippen molar-refractivity contribution < 1.29 is 18.7 Å². The number of carbonyl (C=O) groups is 1. The van der Waals surface area contributed by atoms with Crippen molar-refractivity contribution in [2.75, 3.05) is 29.5 Å². The number of nitrogens with one attached hydrogen (secondary N) is 2. The van der Waals surface area contributed by atoms with Crippen molar-refractivity contribution in [2.24, 2.45) is 5.92 Å². The molecule has 2 aliphatic rings. The van der Waals surface area contributed by atoms with E-state index in [9.17, 15) is 4.79 Å². The summed E-state index contributed by atoms with van der Waals surface area (Å²) in [5, 5.41) is 15.8. The highest BCUT2D eigenvalue weighted by molar-refractivity contribution is 5.99. The maximum Gasteiger partial charge on any atom is 0.413 e. The molecule has 0 radical (unpaired) electrons. The fourth-order valence-electron chi connectivity index (χ4n) is 4.08. The van der Waals surface area contributed by atoms with Crippen LogP contribution in [0.15, 0.2) is 24.5 Å². The number of nitrogens with two attached hydrogens (primary N) is 1. The zero-order chi connectivity index (χ0) is 23.1. The van der Waals surface area contributed by atoms with Crippen LogP contribution in [0.1, 0.15) is 18.4 Å². The monoisotopic (exact) mass is 448 g/mol. The molecule has 3 heterocycles. The Morgan fingerprint density at radius 1 is 1.33 bits per heavy atom. The molecule has 3 aromatic rings. The molecule has 1 aliphatic heterocycles. The largest absolute Gasteiger partial charge is 0.474 e. The number of halogens is 1. The van der Waals surface area contributed by atoms with Crippen LogP contribution in [0.2, 0.25) is 0 Å². The first-order valence-corrected chi connectivity index (χ1v) is 10.6. The highest BCUT2D eigenvalue weighted by atomic mass is 19.1. The Hall–Kier alpha value is -4.13. The number of aromatic nitrogens is 2. The third-order valence-corrected chi connectivity index (χ3v) is 6.10. The number of nitrogens with zero attached hydrogens (tertiary/aromatic N) is 3. The molecular formula is C23H21FN6O3. The Morgan fingerprint density at radius 3 is 2.94 bits per heavy atom. The van der Waals surface area contributed by atoms with E-state index in [4.69, 9.17) is 20.5 Å². The number of anilines is 3. The summed E-state index contributed by atoms with van der Waals surface area (Å²) in [5.41, 5.74) is 8.44. The molecule has 0 bridgehead atoms. The molecule has 9 nitrogen and oxygen atoms in total. The lowest BCUT2D eigenvalue weighted by Gasteiger charge is -2.30. The molecule has 5 rings (SSSR count). The lowest BCUT2D eigenvalue weighted by Crippen LogP contribution is -2.36. The standard InChI is InChI=1S/C23H21FN6O3/c1-11-15(9-29-22-21(11)27-4-5-32-22)14-6-13-7-18(28-10-16(13)20(26)19(14)24)30-23(31)33-17-3-2-12(17)8-25/h6-7,9-10,12,17,27H,2-5,26H2,1H3,(H,28,30,31)/t12?,17-/m0/s1. The van der Waals surface area contributed by atoms with Crippen molar-refractivity contribution >= 4 is 34.1 Å². The summed E-state index contributed by atoms with van der Waals surface area (Å²) >= 11 is 0. The van der Waals surface area contributed by atoms with Gasteiger partial charge in [-0.1, -0.05) is 0 Å². The molecule has 33 heavy (non-hydrogen) atoms. The molecule has 1 fully saturated rings. The first-order chi connectivity index (χ1) is 16.0. The van der Waals surface area contributed by atoms with Crippen LogP contribution in [0, 0.1) is 30.0 Å². The van der Waals surface area contributed by atoms with E-state index in [1.54, 1.807) is 18.3 Å². The number of ether oxygens (including phenoxy) is 2. The first kappa shape index (κ1) is 20.8. The Morgan fingerprint density at radius 2 is 2.18 bits per heavy atom. The Labute approximate surface area is 188 Å². The zero-order valence-electron chi connectivity index (χ0n) is 17.8. The second-order valence-electron chi connectivity index (χ2n) is 8.08. The molecule has 2 atom stereocenters. The van der Waals surface area contributed by atoms with Crippen molar-refractivity contribution in [3.05, 3.63) is 35.9 Å². The van der Waals surface area contributed by atoms with Gasteiger partial charge in [-0.25, -0.2) is 19.2 Å². The van der Waals surface area contributed by atoms with Crippen LogP contribution in [0.3, 0.4) is 0 Å². The molecule has 1 aliphatic carbocycles. The highest BCUT2D eigenvalue weighted by Crippen LogP contribution is 2.39. The summed E-state index contributed by atoms with van der Waals surface area (Å²) in [7, 11) is 0. The van der Waals surface area contributed by atoms with E-state index in [1.807, 2.05) is 6.92 Å². The number of hydrogen-bond acceptors (Lipinski definition) is 8. The molecule has 0 spiro atoms. The lowest BCUT2D eigenvalue weighted by atomic mass is 9.83. The van der Waals surface area contributed by atoms with Gasteiger partial charge in [-0.2, -0.15) is 5.26 Å². The number of benzene rings is 1. The molecule has 168 valence electrons. The number of nitriles is 1. The third-order valence-electron chi connectivity index (χ3n) is 6.10. The van der Waals surface area contributed by atoms with E-state index in [-0.39, 0.29) is 23.0 Å². The molecule has 1 aromatic carbocycles. The normalized spacial score (nSPS) is 18.8. The molecule has 1 unspecified atom stereocenters. The fourth-order valence-corrected chi connectivity index (χ4v) is 4.08. The number of rotatable bonds is 3. The van der Waals surface area contributed by atoms with Crippen molar-refractivity contribution in [1.29, 1.82) is 5.26 Å². The zero-order valence-corrected chi connectivity index (χ0v) is 17.8. The number of pyridine rings is 2. The SMILES string of the molecule is Cc1c(-c2cc3cc(NC(=O)O[C@H]4CCC4C#N)ncc3c(N)c2F)cnc2c1NCCO2. The minimum Gasteiger partial charge on any atom is -0.474 e. The number of fused-ring (bicyclic) bond motifs is 2. The van der Waals surface area contributed by atoms with Gasteiger partial charge in [-0.3, -0.25) is 5.32 Å². The minimum absolute atomic E-state index is 0.0446. The van der Waals surface area contributed by atoms with Crippen LogP contribution in [0.4, 0.5) is 26.4 Å². The van der Waals surface area contributed by atoms with Gasteiger partial charge in [0.15, 0.2) is 5.82 Å². The maximum atomic E-state index is 15.3. The van der Waals surface area contributed by atoms with E-state index < -0.39 is 18.0 Å². The summed E-state index contributed by atoms with van der Waals surface area (Å²) in [4.78, 5) is 20.7. The number of carbonyl (C=O) groups excluding carboxylic acids is 1. The van der Waals surface area contributed by atoms with Gasteiger partial charge in [0, 0.05) is 35.5 Å². The summed E-state index contributed by atoms with van der Waals surface area (Å²) in [6, 6.07) is 5.36. The van der Waals surface area contributed by atoms with Crippen LogP contribution < -0.4 is 21.1 Å². The van der Waals surface area contributed by atoms with Gasteiger partial charge in [0.2, 0.25) is 5.88 Å². The number of amides is 1. The van der Waals surface area contributed by atoms with Crippen molar-refractivity contribution in [2.45, 2.75) is 25.9 Å². The Kier molecular flexibility index (Phi) is 5.09. The van der Waals surface area contributed by atoms with E-state index in [0.717, 1.165) is 17.7 Å². The van der Waals surface area contributed by atoms with E-state index in [1.165, 1.54) is 6.20 Å². The average molecular weight is 448 g/mol. The molecular weight excluding hydrogens is 427 g/mol. The second kappa shape index (κ2) is 8.09. The lowest BCUT2D eigenvalue weighted by molar-refractivity contribution is 0.0323. The van der Waals surface area contributed by atoms with E-state index in [0.29, 0.717) is 41.8 Å². The van der Waals surface area contributed by atoms with Crippen LogP contribution in [0.5, 0.6) is 5.88 Å². The predicted octanol–water partition coefficient (Wildman–Crippen LogP) is 3.98.